The molecule has 0 aromatic carbocycles. The second-order valence-corrected chi connectivity index (χ2v) is 2.79. The Labute approximate surface area is 49.1 Å². The van der Waals surface area contributed by atoms with Crippen molar-refractivity contribution in [3.63, 3.8) is 0 Å². The fourth-order valence-corrected chi connectivity index (χ4v) is 1.86. The first-order valence-corrected chi connectivity index (χ1v) is 3.26. The lowest BCUT2D eigenvalue weighted by molar-refractivity contribution is 0.0510. The van der Waals surface area contributed by atoms with Crippen molar-refractivity contribution in [1.82, 2.24) is 4.90 Å². The van der Waals surface area contributed by atoms with Gasteiger partial charge in [-0.05, 0) is 18.9 Å². The van der Waals surface area contributed by atoms with Gasteiger partial charge in [0.1, 0.15) is 0 Å². The Morgan fingerprint density at radius 2 is 2.50 bits per heavy atom. The van der Waals surface area contributed by atoms with Gasteiger partial charge in [0.05, 0.1) is 6.61 Å². The van der Waals surface area contributed by atoms with Crippen molar-refractivity contribution in [2.45, 2.75) is 12.5 Å². The molecule has 3 aliphatic rings. The largest absolute Gasteiger partial charge is 0.395 e. The van der Waals surface area contributed by atoms with Gasteiger partial charge in [-0.15, -0.1) is 0 Å². The van der Waals surface area contributed by atoms with Gasteiger partial charge in [0.25, 0.3) is 0 Å². The molecule has 3 heterocycles. The predicted molar refractivity (Wildman–Crippen MR) is 30.6 cm³/mol. The fourth-order valence-electron chi connectivity index (χ4n) is 1.86. The zero-order valence-electron chi connectivity index (χ0n) is 4.88. The average Bonchev–Trinajstić information content (AvgIpc) is 2.19. The van der Waals surface area contributed by atoms with E-state index in [0.717, 1.165) is 5.92 Å². The Morgan fingerprint density at radius 3 is 2.75 bits per heavy atom. The molecule has 0 aromatic rings. The van der Waals surface area contributed by atoms with E-state index in [4.69, 9.17) is 5.11 Å². The van der Waals surface area contributed by atoms with Crippen LogP contribution in [0.15, 0.2) is 0 Å². The average molecular weight is 113 g/mol. The molecule has 0 aromatic heterocycles. The number of aliphatic hydroxyl groups is 1. The standard InChI is InChI=1S/C6H11NO/c8-4-6-5-1-2-7(6)3-5/h5-6,8H,1-4H2. The van der Waals surface area contributed by atoms with Gasteiger partial charge in [0.2, 0.25) is 0 Å². The van der Waals surface area contributed by atoms with Gasteiger partial charge in [-0.3, -0.25) is 4.90 Å². The molecule has 46 valence electrons. The monoisotopic (exact) mass is 113 g/mol. The Hall–Kier alpha value is -0.0800. The molecule has 3 rings (SSSR count). The van der Waals surface area contributed by atoms with Crippen LogP contribution < -0.4 is 0 Å². The normalized spacial score (nSPS) is 51.4. The highest BCUT2D eigenvalue weighted by Gasteiger charge is 2.43. The summed E-state index contributed by atoms with van der Waals surface area (Å²) in [5, 5.41) is 8.73. The number of aliphatic hydroxyl groups excluding tert-OH is 1. The minimum Gasteiger partial charge on any atom is -0.395 e. The van der Waals surface area contributed by atoms with Gasteiger partial charge in [-0.1, -0.05) is 0 Å². The van der Waals surface area contributed by atoms with E-state index < -0.39 is 0 Å². The molecule has 0 saturated carbocycles. The Kier molecular flexibility index (Phi) is 0.866. The summed E-state index contributed by atoms with van der Waals surface area (Å²) in [6.45, 7) is 2.87. The first-order chi connectivity index (χ1) is 3.92. The van der Waals surface area contributed by atoms with Crippen molar-refractivity contribution in [2.24, 2.45) is 5.92 Å². The molecule has 0 aliphatic carbocycles. The molecule has 3 fully saturated rings. The third-order valence-corrected chi connectivity index (χ3v) is 2.46. The Balaban J connectivity index is 2.02. The van der Waals surface area contributed by atoms with Crippen molar-refractivity contribution in [3.05, 3.63) is 0 Å². The summed E-state index contributed by atoms with van der Waals surface area (Å²) in [6.07, 6.45) is 1.32. The first-order valence-electron chi connectivity index (χ1n) is 3.26. The van der Waals surface area contributed by atoms with Crippen LogP contribution in [0.1, 0.15) is 6.42 Å². The fraction of sp³-hybridized carbons (Fsp3) is 1.00. The summed E-state index contributed by atoms with van der Waals surface area (Å²) in [4.78, 5) is 2.35. The Morgan fingerprint density at radius 1 is 1.62 bits per heavy atom. The van der Waals surface area contributed by atoms with Crippen LogP contribution in [-0.4, -0.2) is 35.7 Å². The summed E-state index contributed by atoms with van der Waals surface area (Å²) in [5.41, 5.74) is 0. The number of fused-ring (bicyclic) bond motifs is 1. The second-order valence-electron chi connectivity index (χ2n) is 2.79. The van der Waals surface area contributed by atoms with Crippen LogP contribution in [0.3, 0.4) is 0 Å². The van der Waals surface area contributed by atoms with Crippen LogP contribution in [0.5, 0.6) is 0 Å². The number of hydrogen-bond acceptors (Lipinski definition) is 2. The minimum absolute atomic E-state index is 0.380. The molecular formula is C6H11NO. The van der Waals surface area contributed by atoms with Gasteiger partial charge in [-0.25, -0.2) is 0 Å². The van der Waals surface area contributed by atoms with Crippen LogP contribution in [0.4, 0.5) is 0 Å². The third kappa shape index (κ3) is 0.400. The molecule has 8 heavy (non-hydrogen) atoms. The molecule has 2 heteroatoms. The zero-order valence-corrected chi connectivity index (χ0v) is 4.88. The molecule has 0 spiro atoms. The van der Waals surface area contributed by atoms with Crippen LogP contribution in [0, 0.1) is 5.92 Å². The maximum atomic E-state index is 8.73. The van der Waals surface area contributed by atoms with E-state index in [-0.39, 0.29) is 0 Å². The predicted octanol–water partition coefficient (Wildman–Crippen LogP) is -0.317. The van der Waals surface area contributed by atoms with Crippen LogP contribution in [0.2, 0.25) is 0 Å². The van der Waals surface area contributed by atoms with E-state index >= 15 is 0 Å². The maximum absolute atomic E-state index is 8.73. The lowest BCUT2D eigenvalue weighted by Gasteiger charge is -2.37. The van der Waals surface area contributed by atoms with E-state index in [2.05, 4.69) is 4.90 Å². The molecule has 0 radical (unpaired) electrons. The van der Waals surface area contributed by atoms with Gasteiger partial charge < -0.3 is 5.11 Å². The van der Waals surface area contributed by atoms with Crippen molar-refractivity contribution in [3.8, 4) is 0 Å². The maximum Gasteiger partial charge on any atom is 0.0590 e. The topological polar surface area (TPSA) is 23.5 Å². The minimum atomic E-state index is 0.380. The molecule has 3 saturated heterocycles. The molecule has 2 nitrogen and oxygen atoms in total. The third-order valence-electron chi connectivity index (χ3n) is 2.46. The smallest absolute Gasteiger partial charge is 0.0590 e. The highest BCUT2D eigenvalue weighted by Crippen LogP contribution is 2.34. The van der Waals surface area contributed by atoms with Crippen molar-refractivity contribution in [1.29, 1.82) is 0 Å². The summed E-state index contributed by atoms with van der Waals surface area (Å²) >= 11 is 0. The zero-order chi connectivity index (χ0) is 5.56. The van der Waals surface area contributed by atoms with E-state index in [1.807, 2.05) is 0 Å². The summed E-state index contributed by atoms with van der Waals surface area (Å²) < 4.78 is 0. The molecular weight excluding hydrogens is 102 g/mol. The number of hydrogen-bond donors (Lipinski definition) is 1. The van der Waals surface area contributed by atoms with Crippen LogP contribution >= 0.6 is 0 Å². The van der Waals surface area contributed by atoms with Gasteiger partial charge in [0.15, 0.2) is 0 Å². The summed E-state index contributed by atoms with van der Waals surface area (Å²) in [7, 11) is 0. The van der Waals surface area contributed by atoms with E-state index in [1.54, 1.807) is 0 Å². The molecule has 1 N–H and O–H groups in total. The Bertz CT molecular complexity index is 90.7. The highest BCUT2D eigenvalue weighted by molar-refractivity contribution is 4.97. The van der Waals surface area contributed by atoms with E-state index in [9.17, 15) is 0 Å². The second kappa shape index (κ2) is 1.45. The van der Waals surface area contributed by atoms with Crippen molar-refractivity contribution < 1.29 is 5.11 Å². The van der Waals surface area contributed by atoms with Crippen molar-refractivity contribution >= 4 is 0 Å². The van der Waals surface area contributed by atoms with Crippen LogP contribution in [-0.2, 0) is 0 Å². The summed E-state index contributed by atoms with van der Waals surface area (Å²) in [6, 6.07) is 0.551. The highest BCUT2D eigenvalue weighted by atomic mass is 16.3. The van der Waals surface area contributed by atoms with E-state index in [1.165, 1.54) is 19.5 Å². The van der Waals surface area contributed by atoms with Gasteiger partial charge in [0, 0.05) is 12.6 Å². The number of rotatable bonds is 1. The van der Waals surface area contributed by atoms with Gasteiger partial charge >= 0.3 is 0 Å². The molecule has 3 aliphatic heterocycles. The SMILES string of the molecule is OCC1C2CCN1C2. The van der Waals surface area contributed by atoms with E-state index in [0.29, 0.717) is 12.6 Å². The van der Waals surface area contributed by atoms with Gasteiger partial charge in [-0.2, -0.15) is 0 Å². The molecule has 3 atom stereocenters. The molecule has 3 unspecified atom stereocenters. The quantitative estimate of drug-likeness (QED) is 0.504. The first kappa shape index (κ1) is 4.77. The molecule has 0 amide bonds. The van der Waals surface area contributed by atoms with Crippen LogP contribution in [0.25, 0.3) is 0 Å². The number of nitrogens with zero attached hydrogens (tertiary/aromatic N) is 1. The lowest BCUT2D eigenvalue weighted by Crippen LogP contribution is -2.49. The molecule has 2 bridgehead atoms. The lowest BCUT2D eigenvalue weighted by atomic mass is 9.95. The summed E-state index contributed by atoms with van der Waals surface area (Å²) in [5.74, 6) is 0.847. The van der Waals surface area contributed by atoms with Crippen molar-refractivity contribution in [2.75, 3.05) is 19.7 Å².